The van der Waals surface area contributed by atoms with E-state index in [1.54, 1.807) is 37.1 Å². The number of hydrogen-bond donors (Lipinski definition) is 1. The van der Waals surface area contributed by atoms with Crippen molar-refractivity contribution in [2.75, 3.05) is 19.5 Å². The zero-order valence-electron chi connectivity index (χ0n) is 19.5. The monoisotopic (exact) mass is 469 g/mol. The van der Waals surface area contributed by atoms with Gasteiger partial charge in [-0.1, -0.05) is 47.1 Å². The third-order valence-corrected chi connectivity index (χ3v) is 5.54. The van der Waals surface area contributed by atoms with Crippen molar-refractivity contribution in [2.45, 2.75) is 13.5 Å². The van der Waals surface area contributed by atoms with Crippen molar-refractivity contribution in [3.05, 3.63) is 72.3 Å². The van der Waals surface area contributed by atoms with Crippen LogP contribution < -0.4 is 14.8 Å². The molecule has 35 heavy (non-hydrogen) atoms. The number of nitrogens with zero attached hydrogens (tertiary/aromatic N) is 4. The minimum absolute atomic E-state index is 0.0280. The van der Waals surface area contributed by atoms with E-state index in [0.717, 1.165) is 22.0 Å². The largest absolute Gasteiger partial charge is 0.497 e. The molecule has 0 radical (unpaired) electrons. The summed E-state index contributed by atoms with van der Waals surface area (Å²) < 4.78 is 17.8. The van der Waals surface area contributed by atoms with Crippen molar-refractivity contribution in [1.82, 2.24) is 19.9 Å². The number of aryl methyl sites for hydroxylation is 1. The Bertz CT molecular complexity index is 1520. The van der Waals surface area contributed by atoms with Gasteiger partial charge in [-0.05, 0) is 31.2 Å². The predicted molar refractivity (Wildman–Crippen MR) is 131 cm³/mol. The smallest absolute Gasteiger partial charge is 0.279 e. The Morgan fingerprint density at radius 1 is 1.03 bits per heavy atom. The van der Waals surface area contributed by atoms with Gasteiger partial charge in [-0.3, -0.25) is 9.48 Å². The maximum Gasteiger partial charge on any atom is 0.279 e. The Morgan fingerprint density at radius 3 is 2.69 bits per heavy atom. The van der Waals surface area contributed by atoms with Crippen LogP contribution in [0.25, 0.3) is 33.9 Å². The van der Waals surface area contributed by atoms with Gasteiger partial charge in [0.15, 0.2) is 5.69 Å². The molecule has 2 aromatic heterocycles. The van der Waals surface area contributed by atoms with Crippen LogP contribution in [0.15, 0.2) is 71.3 Å². The highest BCUT2D eigenvalue weighted by Gasteiger charge is 2.20. The number of ether oxygens (including phenoxy) is 2. The summed E-state index contributed by atoms with van der Waals surface area (Å²) in [5.41, 5.74) is 3.75. The first kappa shape index (κ1) is 22.1. The van der Waals surface area contributed by atoms with E-state index in [0.29, 0.717) is 28.7 Å². The molecule has 3 aromatic carbocycles. The standard InChI is InChI=1S/C26H23N5O4/c1-16-7-6-8-17(13-16)25-28-26(35-30-25)24-19-9-4-5-10-21(19)31(29-24)15-23(32)27-20-14-18(33-2)11-12-22(20)34-3/h4-14H,15H2,1-3H3,(H,27,32). The number of para-hydroxylation sites is 1. The number of fused-ring (bicyclic) bond motifs is 1. The highest BCUT2D eigenvalue weighted by atomic mass is 16.5. The fourth-order valence-electron chi connectivity index (χ4n) is 3.86. The van der Waals surface area contributed by atoms with Crippen molar-refractivity contribution in [1.29, 1.82) is 0 Å². The van der Waals surface area contributed by atoms with Gasteiger partial charge in [-0.2, -0.15) is 10.1 Å². The number of carbonyl (C=O) groups excluding carboxylic acids is 1. The van der Waals surface area contributed by atoms with Gasteiger partial charge in [-0.25, -0.2) is 0 Å². The topological polar surface area (TPSA) is 104 Å². The highest BCUT2D eigenvalue weighted by molar-refractivity contribution is 5.95. The Hall–Kier alpha value is -4.66. The summed E-state index contributed by atoms with van der Waals surface area (Å²) in [6.45, 7) is 1.98. The molecule has 0 aliphatic rings. The van der Waals surface area contributed by atoms with Gasteiger partial charge in [0.25, 0.3) is 5.89 Å². The summed E-state index contributed by atoms with van der Waals surface area (Å²) in [6.07, 6.45) is 0. The van der Waals surface area contributed by atoms with Gasteiger partial charge in [0.1, 0.15) is 18.0 Å². The van der Waals surface area contributed by atoms with E-state index in [9.17, 15) is 4.79 Å². The van der Waals surface area contributed by atoms with Gasteiger partial charge in [0.05, 0.1) is 25.4 Å². The quantitative estimate of drug-likeness (QED) is 0.368. The van der Waals surface area contributed by atoms with Crippen LogP contribution in [0.2, 0.25) is 0 Å². The molecule has 0 saturated carbocycles. The first-order valence-electron chi connectivity index (χ1n) is 10.9. The molecule has 176 valence electrons. The van der Waals surface area contributed by atoms with Crippen LogP contribution in [0.3, 0.4) is 0 Å². The summed E-state index contributed by atoms with van der Waals surface area (Å²) in [5.74, 6) is 1.62. The Kier molecular flexibility index (Phi) is 5.88. The van der Waals surface area contributed by atoms with Crippen molar-refractivity contribution in [3.8, 4) is 34.5 Å². The van der Waals surface area contributed by atoms with Crippen molar-refractivity contribution < 1.29 is 18.8 Å². The molecule has 9 nitrogen and oxygen atoms in total. The Morgan fingerprint density at radius 2 is 1.89 bits per heavy atom. The summed E-state index contributed by atoms with van der Waals surface area (Å²) in [5, 5.41) is 12.5. The molecule has 0 unspecified atom stereocenters. The fraction of sp³-hybridized carbons (Fsp3) is 0.154. The lowest BCUT2D eigenvalue weighted by Crippen LogP contribution is -2.20. The SMILES string of the molecule is COc1ccc(OC)c(NC(=O)Cn2nc(-c3nc(-c4cccc(C)c4)no3)c3ccccc32)c1. The number of hydrogen-bond acceptors (Lipinski definition) is 7. The molecular weight excluding hydrogens is 446 g/mol. The molecule has 0 spiro atoms. The van der Waals surface area contributed by atoms with Crippen LogP contribution in [-0.2, 0) is 11.3 Å². The second-order valence-electron chi connectivity index (χ2n) is 7.93. The number of aromatic nitrogens is 4. The molecule has 0 atom stereocenters. The first-order chi connectivity index (χ1) is 17.1. The summed E-state index contributed by atoms with van der Waals surface area (Å²) in [4.78, 5) is 17.5. The molecule has 0 aliphatic carbocycles. The van der Waals surface area contributed by atoms with E-state index >= 15 is 0 Å². The molecule has 0 saturated heterocycles. The van der Waals surface area contributed by atoms with Crippen molar-refractivity contribution >= 4 is 22.5 Å². The number of amides is 1. The molecule has 1 amide bonds. The predicted octanol–water partition coefficient (Wildman–Crippen LogP) is 4.72. The van der Waals surface area contributed by atoms with Crippen LogP contribution in [0.5, 0.6) is 11.5 Å². The third-order valence-electron chi connectivity index (χ3n) is 5.54. The van der Waals surface area contributed by atoms with Gasteiger partial charge in [0.2, 0.25) is 11.7 Å². The third kappa shape index (κ3) is 4.43. The number of rotatable bonds is 7. The number of methoxy groups -OCH3 is 2. The Balaban J connectivity index is 1.45. The normalized spacial score (nSPS) is 10.9. The van der Waals surface area contributed by atoms with E-state index in [2.05, 4.69) is 20.6 Å². The molecule has 1 N–H and O–H groups in total. The number of nitrogens with one attached hydrogen (secondary N) is 1. The number of anilines is 1. The second-order valence-corrected chi connectivity index (χ2v) is 7.93. The average Bonchev–Trinajstić information content (AvgIpc) is 3.49. The zero-order valence-corrected chi connectivity index (χ0v) is 19.5. The molecular formula is C26H23N5O4. The summed E-state index contributed by atoms with van der Waals surface area (Å²) >= 11 is 0. The molecule has 0 fully saturated rings. The first-order valence-corrected chi connectivity index (χ1v) is 10.9. The van der Waals surface area contributed by atoms with E-state index in [1.807, 2.05) is 55.5 Å². The van der Waals surface area contributed by atoms with Crippen LogP contribution in [0.1, 0.15) is 5.56 Å². The molecule has 5 rings (SSSR count). The maximum atomic E-state index is 12.9. The van der Waals surface area contributed by atoms with Gasteiger partial charge >= 0.3 is 0 Å². The van der Waals surface area contributed by atoms with E-state index < -0.39 is 0 Å². The van der Waals surface area contributed by atoms with Crippen LogP contribution >= 0.6 is 0 Å². The highest BCUT2D eigenvalue weighted by Crippen LogP contribution is 2.30. The van der Waals surface area contributed by atoms with Crippen LogP contribution in [0, 0.1) is 6.92 Å². The van der Waals surface area contributed by atoms with Crippen molar-refractivity contribution in [3.63, 3.8) is 0 Å². The molecule has 0 aliphatic heterocycles. The van der Waals surface area contributed by atoms with Crippen LogP contribution in [0.4, 0.5) is 5.69 Å². The van der Waals surface area contributed by atoms with Gasteiger partial charge in [0, 0.05) is 17.0 Å². The second kappa shape index (κ2) is 9.30. The van der Waals surface area contributed by atoms with E-state index in [4.69, 9.17) is 14.0 Å². The summed E-state index contributed by atoms with van der Waals surface area (Å²) in [7, 11) is 3.10. The lowest BCUT2D eigenvalue weighted by Gasteiger charge is -2.12. The lowest BCUT2D eigenvalue weighted by molar-refractivity contribution is -0.116. The molecule has 9 heteroatoms. The number of benzene rings is 3. The fourth-order valence-corrected chi connectivity index (χ4v) is 3.86. The van der Waals surface area contributed by atoms with E-state index in [-0.39, 0.29) is 18.3 Å². The Labute approximate surface area is 201 Å². The maximum absolute atomic E-state index is 12.9. The average molecular weight is 470 g/mol. The zero-order chi connectivity index (χ0) is 24.4. The van der Waals surface area contributed by atoms with Crippen LogP contribution in [-0.4, -0.2) is 40.0 Å². The van der Waals surface area contributed by atoms with E-state index in [1.165, 1.54) is 0 Å². The molecule has 0 bridgehead atoms. The molecule has 2 heterocycles. The van der Waals surface area contributed by atoms with Crippen molar-refractivity contribution in [2.24, 2.45) is 0 Å². The van der Waals surface area contributed by atoms with Gasteiger partial charge in [-0.15, -0.1) is 0 Å². The van der Waals surface area contributed by atoms with Gasteiger partial charge < -0.3 is 19.3 Å². The minimum Gasteiger partial charge on any atom is -0.497 e. The summed E-state index contributed by atoms with van der Waals surface area (Å²) in [6, 6.07) is 20.7. The molecule has 5 aromatic rings. The number of carbonyl (C=O) groups is 1. The lowest BCUT2D eigenvalue weighted by atomic mass is 10.1. The minimum atomic E-state index is -0.276.